The smallest absolute Gasteiger partial charge is 0.411 e. The van der Waals surface area contributed by atoms with Crippen LogP contribution in [0.3, 0.4) is 0 Å². The molecule has 1 aromatic carbocycles. The molecule has 1 aliphatic heterocycles. The fourth-order valence-corrected chi connectivity index (χ4v) is 5.18. The molecule has 0 spiro atoms. The normalized spacial score (nSPS) is 16.4. The Balaban J connectivity index is 1.28. The van der Waals surface area contributed by atoms with E-state index in [9.17, 15) is 14.4 Å². The van der Waals surface area contributed by atoms with E-state index in [4.69, 9.17) is 4.74 Å². The molecule has 0 fully saturated rings. The van der Waals surface area contributed by atoms with Gasteiger partial charge in [0.1, 0.15) is 17.2 Å². The first-order valence-electron chi connectivity index (χ1n) is 13.2. The van der Waals surface area contributed by atoms with Crippen LogP contribution in [-0.4, -0.2) is 59.4 Å². The topological polar surface area (TPSA) is 161 Å². The minimum Gasteiger partial charge on any atom is -0.444 e. The molecule has 4 heterocycles. The summed E-state index contributed by atoms with van der Waals surface area (Å²) in [6.07, 6.45) is 8.94. The van der Waals surface area contributed by atoms with Crippen molar-refractivity contribution in [2.24, 2.45) is 0 Å². The van der Waals surface area contributed by atoms with Crippen LogP contribution in [0.5, 0.6) is 0 Å². The Morgan fingerprint density at radius 3 is 2.73 bits per heavy atom. The highest BCUT2D eigenvalue weighted by molar-refractivity contribution is 6.11. The maximum atomic E-state index is 13.7. The molecule has 5 N–H and O–H groups in total. The van der Waals surface area contributed by atoms with Gasteiger partial charge in [0.25, 0.3) is 5.91 Å². The van der Waals surface area contributed by atoms with Gasteiger partial charge in [0.15, 0.2) is 0 Å². The van der Waals surface area contributed by atoms with E-state index in [0.29, 0.717) is 29.0 Å². The van der Waals surface area contributed by atoms with Crippen molar-refractivity contribution in [1.82, 2.24) is 29.8 Å². The number of anilines is 2. The van der Waals surface area contributed by atoms with Crippen LogP contribution < -0.4 is 10.6 Å². The highest BCUT2D eigenvalue weighted by Gasteiger charge is 2.39. The molecular formula is C28H30N8O4. The van der Waals surface area contributed by atoms with Gasteiger partial charge in [0, 0.05) is 30.2 Å². The van der Waals surface area contributed by atoms with Gasteiger partial charge in [-0.05, 0) is 56.9 Å². The third-order valence-electron chi connectivity index (χ3n) is 6.92. The molecule has 2 aliphatic rings. The fraction of sp³-hybridized carbons (Fsp3) is 0.321. The van der Waals surface area contributed by atoms with Gasteiger partial charge in [0.2, 0.25) is 17.8 Å². The number of imidazole rings is 2. The Morgan fingerprint density at radius 2 is 1.95 bits per heavy atom. The van der Waals surface area contributed by atoms with Gasteiger partial charge in [0.05, 0.1) is 17.6 Å². The summed E-state index contributed by atoms with van der Waals surface area (Å²) in [7, 11) is 0. The minimum absolute atomic E-state index is 0.171. The van der Waals surface area contributed by atoms with Gasteiger partial charge >= 0.3 is 6.09 Å². The Morgan fingerprint density at radius 1 is 1.10 bits per heavy atom. The van der Waals surface area contributed by atoms with E-state index < -0.39 is 29.6 Å². The van der Waals surface area contributed by atoms with Gasteiger partial charge < -0.3 is 19.7 Å². The minimum atomic E-state index is -0.826. The van der Waals surface area contributed by atoms with E-state index in [1.807, 2.05) is 0 Å². The van der Waals surface area contributed by atoms with Crippen molar-refractivity contribution in [2.45, 2.75) is 58.2 Å². The van der Waals surface area contributed by atoms with Gasteiger partial charge in [-0.3, -0.25) is 25.1 Å². The Kier molecular flexibility index (Phi) is 6.16. The first-order chi connectivity index (χ1) is 19.2. The molecule has 12 nitrogen and oxygen atoms in total. The number of nitrogens with zero attached hydrogens (tertiary/aromatic N) is 3. The molecule has 0 unspecified atom stereocenters. The van der Waals surface area contributed by atoms with E-state index in [1.165, 1.54) is 11.1 Å². The van der Waals surface area contributed by atoms with Crippen molar-refractivity contribution in [3.63, 3.8) is 0 Å². The van der Waals surface area contributed by atoms with Crippen molar-refractivity contribution in [1.29, 1.82) is 0 Å². The zero-order valence-electron chi connectivity index (χ0n) is 22.4. The molecule has 6 rings (SSSR count). The van der Waals surface area contributed by atoms with Crippen LogP contribution in [0.15, 0.2) is 36.7 Å². The average molecular weight is 543 g/mol. The quantitative estimate of drug-likeness (QED) is 0.261. The zero-order valence-corrected chi connectivity index (χ0v) is 22.4. The van der Waals surface area contributed by atoms with E-state index in [2.05, 4.69) is 47.7 Å². The number of aromatic nitrogens is 5. The number of para-hydroxylation sites is 1. The van der Waals surface area contributed by atoms with Crippen LogP contribution in [0.25, 0.3) is 17.1 Å². The molecule has 0 saturated heterocycles. The summed E-state index contributed by atoms with van der Waals surface area (Å²) in [5, 5.41) is 5.52. The standard InChI is InChI=1S/C28H30N8O4/c1-28(2,3)40-27(39)36-14-20-17(15-7-4-5-9-18(15)31-20)13-21(36)24(38)35-26-32-19-10-6-8-16(22(19)33-26)23(37)34-25-29-11-12-30-25/h4,6-8,10-12,21,31H,5,9,13-14H2,1-3H3,(H2,29,30,34,37)(H2,32,33,35,38)/t21-/m0/s1. The predicted molar refractivity (Wildman–Crippen MR) is 149 cm³/mol. The van der Waals surface area contributed by atoms with E-state index in [1.54, 1.807) is 45.2 Å². The van der Waals surface area contributed by atoms with Gasteiger partial charge in [-0.1, -0.05) is 18.2 Å². The lowest BCUT2D eigenvalue weighted by atomic mass is 9.92. The number of benzene rings is 1. The SMILES string of the molecule is CC(C)(C)OC(=O)N1Cc2[nH]c3c(c2C[C@H]1C(=O)Nc1nc2c(C(=O)Nc4ncc[nH]4)cccc2[nH]1)C=CCC3. The number of carbonyl (C=O) groups is 3. The fourth-order valence-electron chi connectivity index (χ4n) is 5.18. The molecule has 0 bridgehead atoms. The van der Waals surface area contributed by atoms with Crippen LogP contribution in [-0.2, 0) is 28.9 Å². The predicted octanol–water partition coefficient (Wildman–Crippen LogP) is 4.13. The maximum absolute atomic E-state index is 13.7. The molecule has 0 radical (unpaired) electrons. The Bertz CT molecular complexity index is 1640. The van der Waals surface area contributed by atoms with Crippen LogP contribution in [0.2, 0.25) is 0 Å². The number of amides is 3. The second kappa shape index (κ2) is 9.70. The molecule has 3 amide bonds. The van der Waals surface area contributed by atoms with Gasteiger partial charge in [-0.2, -0.15) is 0 Å². The summed E-state index contributed by atoms with van der Waals surface area (Å²) >= 11 is 0. The molecule has 4 aromatic rings. The number of H-pyrrole nitrogens is 3. The monoisotopic (exact) mass is 542 g/mol. The highest BCUT2D eigenvalue weighted by Crippen LogP contribution is 2.33. The number of carbonyl (C=O) groups excluding carboxylic acids is 3. The average Bonchev–Trinajstić information content (AvgIpc) is 3.64. The van der Waals surface area contributed by atoms with Crippen LogP contribution in [0.1, 0.15) is 60.1 Å². The molecule has 0 saturated carbocycles. The number of nitrogens with one attached hydrogen (secondary N) is 5. The number of fused-ring (bicyclic) bond motifs is 4. The lowest BCUT2D eigenvalue weighted by molar-refractivity contribution is -0.122. The van der Waals surface area contributed by atoms with E-state index in [0.717, 1.165) is 35.4 Å². The number of aryl methyl sites for hydroxylation is 1. The number of rotatable bonds is 4. The van der Waals surface area contributed by atoms with Crippen molar-refractivity contribution < 1.29 is 19.1 Å². The van der Waals surface area contributed by atoms with E-state index >= 15 is 0 Å². The summed E-state index contributed by atoms with van der Waals surface area (Å²) in [6, 6.07) is 4.30. The largest absolute Gasteiger partial charge is 0.444 e. The highest BCUT2D eigenvalue weighted by atomic mass is 16.6. The summed E-state index contributed by atoms with van der Waals surface area (Å²) < 4.78 is 5.66. The number of aromatic amines is 3. The number of hydrogen-bond donors (Lipinski definition) is 5. The van der Waals surface area contributed by atoms with Crippen molar-refractivity contribution in [3.05, 3.63) is 64.7 Å². The third kappa shape index (κ3) is 4.83. The number of ether oxygens (including phenoxy) is 1. The molecular weight excluding hydrogens is 512 g/mol. The first-order valence-corrected chi connectivity index (χ1v) is 13.2. The molecule has 1 atom stereocenters. The summed E-state index contributed by atoms with van der Waals surface area (Å²) in [5.74, 6) is -0.325. The van der Waals surface area contributed by atoms with Crippen molar-refractivity contribution >= 4 is 46.9 Å². The number of hydrogen-bond acceptors (Lipinski definition) is 6. The second-order valence-corrected chi connectivity index (χ2v) is 10.9. The third-order valence-corrected chi connectivity index (χ3v) is 6.92. The summed E-state index contributed by atoms with van der Waals surface area (Å²) in [4.78, 5) is 59.2. The van der Waals surface area contributed by atoms with Crippen molar-refractivity contribution in [3.8, 4) is 0 Å². The molecule has 206 valence electrons. The number of allylic oxidation sites excluding steroid dienone is 1. The lowest BCUT2D eigenvalue weighted by Gasteiger charge is -2.35. The summed E-state index contributed by atoms with van der Waals surface area (Å²) in [5.41, 5.74) is 4.73. The van der Waals surface area contributed by atoms with Crippen LogP contribution in [0, 0.1) is 0 Å². The zero-order chi connectivity index (χ0) is 28.0. The maximum Gasteiger partial charge on any atom is 0.411 e. The lowest BCUT2D eigenvalue weighted by Crippen LogP contribution is -2.52. The Labute approximate surface area is 229 Å². The van der Waals surface area contributed by atoms with Crippen molar-refractivity contribution in [2.75, 3.05) is 10.6 Å². The van der Waals surface area contributed by atoms with Gasteiger partial charge in [-0.15, -0.1) is 0 Å². The summed E-state index contributed by atoms with van der Waals surface area (Å²) in [6.45, 7) is 5.60. The Hall–Kier alpha value is -4.87. The second-order valence-electron chi connectivity index (χ2n) is 10.9. The molecule has 12 heteroatoms. The van der Waals surface area contributed by atoms with Crippen LogP contribution >= 0.6 is 0 Å². The first kappa shape index (κ1) is 25.4. The van der Waals surface area contributed by atoms with Gasteiger partial charge in [-0.25, -0.2) is 14.8 Å². The molecule has 40 heavy (non-hydrogen) atoms. The van der Waals surface area contributed by atoms with E-state index in [-0.39, 0.29) is 12.5 Å². The molecule has 1 aliphatic carbocycles. The van der Waals surface area contributed by atoms with Crippen LogP contribution in [0.4, 0.5) is 16.7 Å². The molecule has 3 aromatic heterocycles.